The van der Waals surface area contributed by atoms with Gasteiger partial charge in [0.15, 0.2) is 6.61 Å². The maximum absolute atomic E-state index is 12.3. The van der Waals surface area contributed by atoms with Gasteiger partial charge in [0.2, 0.25) is 0 Å². The van der Waals surface area contributed by atoms with E-state index in [-0.39, 0.29) is 6.61 Å². The molecule has 0 radical (unpaired) electrons. The van der Waals surface area contributed by atoms with Crippen molar-refractivity contribution in [1.82, 2.24) is 10.9 Å². The molecule has 0 spiro atoms. The van der Waals surface area contributed by atoms with E-state index >= 15 is 0 Å². The Hall–Kier alpha value is -2.06. The molecule has 0 aliphatic rings. The zero-order chi connectivity index (χ0) is 21.9. The molecule has 30 heavy (non-hydrogen) atoms. The van der Waals surface area contributed by atoms with E-state index in [2.05, 4.69) is 49.6 Å². The van der Waals surface area contributed by atoms with Crippen LogP contribution in [-0.4, -0.2) is 25.0 Å². The standard InChI is InChI=1S/C22H26Br2N2O4/c1-3-4-5-6-11-29-20-9-7-16(13-18(20)24)22(28)26-25-21(27)14-30-19-10-8-17(23)12-15(19)2/h7-10,12-13H,3-6,11,14H2,1-2H3,(H,25,27)(H,26,28). The van der Waals surface area contributed by atoms with E-state index in [9.17, 15) is 9.59 Å². The molecule has 0 heterocycles. The highest BCUT2D eigenvalue weighted by atomic mass is 79.9. The van der Waals surface area contributed by atoms with Crippen LogP contribution >= 0.6 is 31.9 Å². The summed E-state index contributed by atoms with van der Waals surface area (Å²) in [5, 5.41) is 0. The minimum absolute atomic E-state index is 0.211. The number of aryl methyl sites for hydroxylation is 1. The van der Waals surface area contributed by atoms with Crippen molar-refractivity contribution in [3.63, 3.8) is 0 Å². The highest BCUT2D eigenvalue weighted by Crippen LogP contribution is 2.26. The Morgan fingerprint density at radius 3 is 2.40 bits per heavy atom. The monoisotopic (exact) mass is 540 g/mol. The van der Waals surface area contributed by atoms with Gasteiger partial charge in [-0.15, -0.1) is 0 Å². The molecule has 162 valence electrons. The molecule has 0 fully saturated rings. The van der Waals surface area contributed by atoms with Crippen molar-refractivity contribution in [3.8, 4) is 11.5 Å². The van der Waals surface area contributed by atoms with Gasteiger partial charge in [-0.2, -0.15) is 0 Å². The predicted octanol–water partition coefficient (Wildman–Crippen LogP) is 5.32. The van der Waals surface area contributed by atoms with Gasteiger partial charge in [-0.3, -0.25) is 20.4 Å². The summed E-state index contributed by atoms with van der Waals surface area (Å²) in [6, 6.07) is 10.5. The first-order valence-corrected chi connectivity index (χ1v) is 11.4. The lowest BCUT2D eigenvalue weighted by Gasteiger charge is -2.12. The average Bonchev–Trinajstić information content (AvgIpc) is 2.72. The lowest BCUT2D eigenvalue weighted by molar-refractivity contribution is -0.123. The molecule has 0 aliphatic carbocycles. The number of carbonyl (C=O) groups is 2. The fourth-order valence-electron chi connectivity index (χ4n) is 2.62. The summed E-state index contributed by atoms with van der Waals surface area (Å²) in [4.78, 5) is 24.2. The van der Waals surface area contributed by atoms with Crippen LogP contribution in [0.15, 0.2) is 45.3 Å². The number of ether oxygens (including phenoxy) is 2. The summed E-state index contributed by atoms with van der Waals surface area (Å²) < 4.78 is 12.8. The average molecular weight is 542 g/mol. The Morgan fingerprint density at radius 2 is 1.70 bits per heavy atom. The van der Waals surface area contributed by atoms with Crippen molar-refractivity contribution >= 4 is 43.7 Å². The molecule has 2 aromatic rings. The third kappa shape index (κ3) is 7.99. The number of carbonyl (C=O) groups excluding carboxylic acids is 2. The van der Waals surface area contributed by atoms with Crippen LogP contribution < -0.4 is 20.3 Å². The Balaban J connectivity index is 1.78. The molecule has 0 unspecified atom stereocenters. The molecule has 0 saturated heterocycles. The van der Waals surface area contributed by atoms with Crippen LogP contribution in [0.25, 0.3) is 0 Å². The van der Waals surface area contributed by atoms with Gasteiger partial charge in [-0.05, 0) is 71.2 Å². The third-order valence-electron chi connectivity index (χ3n) is 4.26. The molecule has 8 heteroatoms. The van der Waals surface area contributed by atoms with Crippen molar-refractivity contribution in [2.24, 2.45) is 0 Å². The fourth-order valence-corrected chi connectivity index (χ4v) is 3.59. The number of amides is 2. The lowest BCUT2D eigenvalue weighted by atomic mass is 10.2. The molecule has 0 aliphatic heterocycles. The van der Waals surface area contributed by atoms with Crippen LogP contribution in [0.2, 0.25) is 0 Å². The van der Waals surface area contributed by atoms with Gasteiger partial charge in [0.05, 0.1) is 11.1 Å². The second-order valence-electron chi connectivity index (χ2n) is 6.76. The van der Waals surface area contributed by atoms with Crippen molar-refractivity contribution in [2.75, 3.05) is 13.2 Å². The molecule has 2 rings (SSSR count). The molecule has 0 bridgehead atoms. The van der Waals surface area contributed by atoms with Crippen molar-refractivity contribution < 1.29 is 19.1 Å². The minimum atomic E-state index is -0.461. The van der Waals surface area contributed by atoms with Crippen LogP contribution in [0.4, 0.5) is 0 Å². The number of hydrogen-bond donors (Lipinski definition) is 2. The molecular formula is C22H26Br2N2O4. The van der Waals surface area contributed by atoms with Gasteiger partial charge in [0.1, 0.15) is 11.5 Å². The van der Waals surface area contributed by atoms with Gasteiger partial charge in [0, 0.05) is 10.0 Å². The summed E-state index contributed by atoms with van der Waals surface area (Å²) in [6.45, 7) is 4.48. The minimum Gasteiger partial charge on any atom is -0.492 e. The number of nitrogens with one attached hydrogen (secondary N) is 2. The quantitative estimate of drug-likeness (QED) is 0.315. The van der Waals surface area contributed by atoms with Gasteiger partial charge in [-0.25, -0.2) is 0 Å². The van der Waals surface area contributed by atoms with Crippen LogP contribution in [0, 0.1) is 6.92 Å². The first-order valence-electron chi connectivity index (χ1n) is 9.81. The lowest BCUT2D eigenvalue weighted by Crippen LogP contribution is -2.43. The summed E-state index contributed by atoms with van der Waals surface area (Å²) in [5.41, 5.74) is 6.03. The number of halogens is 2. The third-order valence-corrected chi connectivity index (χ3v) is 5.37. The Labute approximate surface area is 193 Å². The summed E-state index contributed by atoms with van der Waals surface area (Å²) >= 11 is 6.80. The second kappa shape index (κ2) is 12.6. The Bertz CT molecular complexity index is 874. The molecule has 0 saturated carbocycles. The maximum atomic E-state index is 12.3. The van der Waals surface area contributed by atoms with Gasteiger partial charge >= 0.3 is 0 Å². The number of rotatable bonds is 10. The second-order valence-corrected chi connectivity index (χ2v) is 8.53. The Morgan fingerprint density at radius 1 is 0.933 bits per heavy atom. The van der Waals surface area contributed by atoms with E-state index < -0.39 is 11.8 Å². The van der Waals surface area contributed by atoms with E-state index in [4.69, 9.17) is 9.47 Å². The predicted molar refractivity (Wildman–Crippen MR) is 124 cm³/mol. The number of hydrogen-bond acceptors (Lipinski definition) is 4. The van der Waals surface area contributed by atoms with E-state index in [0.717, 1.165) is 22.9 Å². The first-order chi connectivity index (χ1) is 14.4. The van der Waals surface area contributed by atoms with E-state index in [1.807, 2.05) is 19.1 Å². The van der Waals surface area contributed by atoms with Gasteiger partial charge < -0.3 is 9.47 Å². The molecule has 0 aromatic heterocycles. The summed E-state index contributed by atoms with van der Waals surface area (Å²) in [6.07, 6.45) is 4.51. The maximum Gasteiger partial charge on any atom is 0.276 e. The highest BCUT2D eigenvalue weighted by molar-refractivity contribution is 9.10. The SMILES string of the molecule is CCCCCCOc1ccc(C(=O)NNC(=O)COc2ccc(Br)cc2C)cc1Br. The van der Waals surface area contributed by atoms with Crippen molar-refractivity contribution in [1.29, 1.82) is 0 Å². The van der Waals surface area contributed by atoms with Crippen LogP contribution in [-0.2, 0) is 4.79 Å². The molecule has 6 nitrogen and oxygen atoms in total. The number of benzene rings is 2. The topological polar surface area (TPSA) is 76.7 Å². The van der Waals surface area contributed by atoms with Crippen LogP contribution in [0.1, 0.15) is 48.5 Å². The van der Waals surface area contributed by atoms with Gasteiger partial charge in [0.25, 0.3) is 11.8 Å². The van der Waals surface area contributed by atoms with Crippen molar-refractivity contribution in [2.45, 2.75) is 39.5 Å². The fraction of sp³-hybridized carbons (Fsp3) is 0.364. The summed E-state index contributed by atoms with van der Waals surface area (Å²) in [7, 11) is 0. The first kappa shape index (κ1) is 24.2. The molecular weight excluding hydrogens is 516 g/mol. The van der Waals surface area contributed by atoms with Gasteiger partial charge in [-0.1, -0.05) is 42.1 Å². The normalized spacial score (nSPS) is 10.4. The van der Waals surface area contributed by atoms with Crippen molar-refractivity contribution in [3.05, 3.63) is 56.5 Å². The highest BCUT2D eigenvalue weighted by Gasteiger charge is 2.11. The number of unbranched alkanes of at least 4 members (excludes halogenated alkanes) is 3. The van der Waals surface area contributed by atoms with Crippen LogP contribution in [0.5, 0.6) is 11.5 Å². The number of hydrazine groups is 1. The molecule has 2 N–H and O–H groups in total. The zero-order valence-electron chi connectivity index (χ0n) is 17.1. The molecule has 2 aromatic carbocycles. The smallest absolute Gasteiger partial charge is 0.276 e. The molecule has 2 amide bonds. The van der Waals surface area contributed by atoms with E-state index in [0.29, 0.717) is 28.1 Å². The van der Waals surface area contributed by atoms with E-state index in [1.54, 1.807) is 24.3 Å². The van der Waals surface area contributed by atoms with Crippen LogP contribution in [0.3, 0.4) is 0 Å². The largest absolute Gasteiger partial charge is 0.492 e. The zero-order valence-corrected chi connectivity index (χ0v) is 20.3. The summed E-state index contributed by atoms with van der Waals surface area (Å²) in [5.74, 6) is 0.398. The molecule has 0 atom stereocenters. The Kier molecular flexibility index (Phi) is 10.2. The van der Waals surface area contributed by atoms with E-state index in [1.165, 1.54) is 12.8 Å².